The largest absolute Gasteiger partial charge is 0.496 e. The predicted molar refractivity (Wildman–Crippen MR) is 122 cm³/mol. The number of nitrogens with one attached hydrogen (secondary N) is 1. The highest BCUT2D eigenvalue weighted by Gasteiger charge is 2.38. The molecule has 1 aliphatic rings. The molecule has 162 valence electrons. The van der Waals surface area contributed by atoms with Crippen molar-refractivity contribution in [3.8, 4) is 5.75 Å². The Kier molecular flexibility index (Phi) is 7.21. The molecule has 8 heteroatoms. The Morgan fingerprint density at radius 1 is 1.17 bits per heavy atom. The highest BCUT2D eigenvalue weighted by atomic mass is 79.9. The lowest BCUT2D eigenvalue weighted by Gasteiger charge is -2.16. The Hall–Kier alpha value is -1.90. The van der Waals surface area contributed by atoms with Crippen LogP contribution in [0.25, 0.3) is 0 Å². The van der Waals surface area contributed by atoms with Crippen LogP contribution in [0.5, 0.6) is 5.75 Å². The summed E-state index contributed by atoms with van der Waals surface area (Å²) in [6.07, 6.45) is 2.27. The number of carbonyl (C=O) groups excluding carboxylic acids is 1. The number of nitrogens with zero attached hydrogens (tertiary/aromatic N) is 1. The van der Waals surface area contributed by atoms with E-state index < -0.39 is 9.84 Å². The van der Waals surface area contributed by atoms with E-state index >= 15 is 0 Å². The number of rotatable bonds is 9. The fourth-order valence-electron chi connectivity index (χ4n) is 3.37. The zero-order valence-corrected chi connectivity index (χ0v) is 19.8. The Morgan fingerprint density at radius 2 is 1.90 bits per heavy atom. The minimum Gasteiger partial charge on any atom is -0.496 e. The van der Waals surface area contributed by atoms with Crippen LogP contribution in [0.3, 0.4) is 0 Å². The number of methoxy groups -OCH3 is 1. The van der Waals surface area contributed by atoms with Crippen LogP contribution in [-0.2, 0) is 27.6 Å². The number of aryl methyl sites for hydroxylation is 1. The van der Waals surface area contributed by atoms with E-state index in [1.54, 1.807) is 25.3 Å². The number of hydrogen-bond acceptors (Lipinski definition) is 5. The van der Waals surface area contributed by atoms with Crippen LogP contribution < -0.4 is 10.1 Å². The fourth-order valence-corrected chi connectivity index (χ4v) is 5.64. The van der Waals surface area contributed by atoms with Gasteiger partial charge in [-0.25, -0.2) is 8.42 Å². The van der Waals surface area contributed by atoms with Gasteiger partial charge in [-0.1, -0.05) is 15.9 Å². The molecule has 0 heterocycles. The molecule has 0 bridgehead atoms. The van der Waals surface area contributed by atoms with Crippen LogP contribution in [0.2, 0.25) is 0 Å². The van der Waals surface area contributed by atoms with Crippen LogP contribution in [-0.4, -0.2) is 45.7 Å². The van der Waals surface area contributed by atoms with E-state index in [4.69, 9.17) is 4.74 Å². The Labute approximate surface area is 186 Å². The van der Waals surface area contributed by atoms with Crippen molar-refractivity contribution in [3.05, 3.63) is 52.0 Å². The molecular formula is C22H27BrN2O4S. The van der Waals surface area contributed by atoms with Crippen molar-refractivity contribution in [1.82, 2.24) is 4.90 Å². The van der Waals surface area contributed by atoms with Crippen molar-refractivity contribution in [2.45, 2.75) is 42.4 Å². The van der Waals surface area contributed by atoms with Crippen molar-refractivity contribution in [3.63, 3.8) is 0 Å². The Bertz CT molecular complexity index is 1030. The molecule has 30 heavy (non-hydrogen) atoms. The first-order valence-corrected chi connectivity index (χ1v) is 12.2. The maximum atomic E-state index is 12.8. The van der Waals surface area contributed by atoms with Gasteiger partial charge in [0.15, 0.2) is 9.84 Å². The van der Waals surface area contributed by atoms with Gasteiger partial charge in [0.2, 0.25) is 5.91 Å². The summed E-state index contributed by atoms with van der Waals surface area (Å²) in [5.41, 5.74) is 2.26. The number of carbonyl (C=O) groups is 1. The quantitative estimate of drug-likeness (QED) is 0.569. The van der Waals surface area contributed by atoms with Gasteiger partial charge in [-0.05, 0) is 80.9 Å². The van der Waals surface area contributed by atoms with E-state index in [2.05, 4.69) is 21.2 Å². The molecule has 0 radical (unpaired) electrons. The minimum absolute atomic E-state index is 0.134. The van der Waals surface area contributed by atoms with Crippen LogP contribution >= 0.6 is 15.9 Å². The molecule has 6 nitrogen and oxygen atoms in total. The van der Waals surface area contributed by atoms with Gasteiger partial charge in [0, 0.05) is 23.1 Å². The molecule has 3 rings (SSSR count). The molecule has 2 aromatic rings. The second-order valence-electron chi connectivity index (χ2n) is 7.81. The maximum absolute atomic E-state index is 12.8. The van der Waals surface area contributed by atoms with Crippen LogP contribution in [0, 0.1) is 0 Å². The summed E-state index contributed by atoms with van der Waals surface area (Å²) in [6, 6.07) is 10.8. The summed E-state index contributed by atoms with van der Waals surface area (Å²) in [4.78, 5) is 14.8. The Morgan fingerprint density at radius 3 is 2.53 bits per heavy atom. The summed E-state index contributed by atoms with van der Waals surface area (Å²) in [5, 5.41) is 2.63. The lowest BCUT2D eigenvalue weighted by molar-refractivity contribution is -0.116. The maximum Gasteiger partial charge on any atom is 0.224 e. The van der Waals surface area contributed by atoms with Gasteiger partial charge < -0.3 is 15.0 Å². The molecule has 0 aliphatic heterocycles. The smallest absolute Gasteiger partial charge is 0.224 e. The average molecular weight is 495 g/mol. The van der Waals surface area contributed by atoms with E-state index in [9.17, 15) is 13.2 Å². The molecule has 1 fully saturated rings. The molecule has 0 spiro atoms. The van der Waals surface area contributed by atoms with Crippen molar-refractivity contribution < 1.29 is 17.9 Å². The number of hydrogen-bond donors (Lipinski definition) is 1. The number of benzene rings is 2. The summed E-state index contributed by atoms with van der Waals surface area (Å²) < 4.78 is 31.8. The van der Waals surface area contributed by atoms with Gasteiger partial charge in [-0.2, -0.15) is 0 Å². The van der Waals surface area contributed by atoms with E-state index in [-0.39, 0.29) is 17.6 Å². The molecule has 0 saturated heterocycles. The molecule has 0 unspecified atom stereocenters. The highest BCUT2D eigenvalue weighted by molar-refractivity contribution is 9.10. The summed E-state index contributed by atoms with van der Waals surface area (Å²) in [7, 11) is 2.09. The third-order valence-electron chi connectivity index (χ3n) is 4.96. The number of sulfone groups is 1. The predicted octanol–water partition coefficient (Wildman–Crippen LogP) is 4.03. The molecule has 1 N–H and O–H groups in total. The lowest BCUT2D eigenvalue weighted by atomic mass is 10.1. The first-order valence-electron chi connectivity index (χ1n) is 9.84. The van der Waals surface area contributed by atoms with Crippen molar-refractivity contribution >= 4 is 37.4 Å². The second-order valence-corrected chi connectivity index (χ2v) is 10.9. The first kappa shape index (κ1) is 22.8. The number of ether oxygens (including phenoxy) is 1. The number of amides is 1. The fraction of sp³-hybridized carbons (Fsp3) is 0.409. The van der Waals surface area contributed by atoms with Gasteiger partial charge in [0.05, 0.1) is 17.3 Å². The normalized spacial score (nSPS) is 14.0. The van der Waals surface area contributed by atoms with Gasteiger partial charge in [-0.3, -0.25) is 4.79 Å². The van der Waals surface area contributed by atoms with Crippen LogP contribution in [0.1, 0.15) is 30.4 Å². The van der Waals surface area contributed by atoms with E-state index in [0.717, 1.165) is 28.6 Å². The standard InChI is InChI=1S/C22H27BrN2O4S/c1-25(2)14-16-13-18(6-10-21(16)30(27,28)19-7-8-19)24-22(26)11-4-15-12-17(23)5-9-20(15)29-3/h5-6,9-10,12-13,19H,4,7-8,11,14H2,1-3H3,(H,24,26). The summed E-state index contributed by atoms with van der Waals surface area (Å²) >= 11 is 3.44. The van der Waals surface area contributed by atoms with Crippen molar-refractivity contribution in [2.24, 2.45) is 0 Å². The van der Waals surface area contributed by atoms with Crippen molar-refractivity contribution in [2.75, 3.05) is 26.5 Å². The van der Waals surface area contributed by atoms with Crippen LogP contribution in [0.4, 0.5) is 5.69 Å². The number of halogens is 1. The first-order chi connectivity index (χ1) is 14.2. The van der Waals surface area contributed by atoms with Gasteiger partial charge in [-0.15, -0.1) is 0 Å². The summed E-state index contributed by atoms with van der Waals surface area (Å²) in [6.45, 7) is 0.486. The summed E-state index contributed by atoms with van der Waals surface area (Å²) in [5.74, 6) is 0.611. The SMILES string of the molecule is COc1ccc(Br)cc1CCC(=O)Nc1ccc(S(=O)(=O)C2CC2)c(CN(C)C)c1. The minimum atomic E-state index is -3.30. The molecular weight excluding hydrogens is 468 g/mol. The average Bonchev–Trinajstić information content (AvgIpc) is 3.52. The van der Waals surface area contributed by atoms with Gasteiger partial charge in [0.1, 0.15) is 5.75 Å². The van der Waals surface area contributed by atoms with Crippen LogP contribution in [0.15, 0.2) is 45.8 Å². The molecule has 1 aliphatic carbocycles. The topological polar surface area (TPSA) is 75.7 Å². The van der Waals surface area contributed by atoms with Gasteiger partial charge in [0.25, 0.3) is 0 Å². The zero-order valence-electron chi connectivity index (χ0n) is 17.4. The lowest BCUT2D eigenvalue weighted by Crippen LogP contribution is -2.18. The van der Waals surface area contributed by atoms with E-state index in [1.165, 1.54) is 0 Å². The second kappa shape index (κ2) is 9.49. The monoisotopic (exact) mass is 494 g/mol. The molecule has 2 aromatic carbocycles. The third-order valence-corrected chi connectivity index (χ3v) is 7.82. The van der Waals surface area contributed by atoms with E-state index in [0.29, 0.717) is 29.1 Å². The molecule has 1 saturated carbocycles. The Balaban J connectivity index is 1.73. The molecule has 0 atom stereocenters. The molecule has 0 aromatic heterocycles. The number of anilines is 1. The van der Waals surface area contributed by atoms with Crippen molar-refractivity contribution in [1.29, 1.82) is 0 Å². The molecule has 1 amide bonds. The highest BCUT2D eigenvalue weighted by Crippen LogP contribution is 2.36. The van der Waals surface area contributed by atoms with Gasteiger partial charge >= 0.3 is 0 Å². The van der Waals surface area contributed by atoms with E-state index in [1.807, 2.05) is 37.2 Å². The zero-order chi connectivity index (χ0) is 21.9. The third kappa shape index (κ3) is 5.62.